The van der Waals surface area contributed by atoms with E-state index in [1.54, 1.807) is 0 Å². The van der Waals surface area contributed by atoms with E-state index in [2.05, 4.69) is 45.3 Å². The van der Waals surface area contributed by atoms with Gasteiger partial charge in [-0.3, -0.25) is 0 Å². The van der Waals surface area contributed by atoms with Crippen molar-refractivity contribution in [2.45, 2.75) is 72.3 Å². The lowest BCUT2D eigenvalue weighted by molar-refractivity contribution is 0.554. The standard InChI is InChI=1S/C17H30N4/c1-6-10-18-16-13(5)17(21-15(20-16)11(2)3)19-14-9-7-8-12(14)4/h11-12,14H,6-10H2,1-5H3,(H2,18,19,20,21). The molecule has 0 spiro atoms. The van der Waals surface area contributed by atoms with Gasteiger partial charge in [-0.1, -0.05) is 34.1 Å². The molecular weight excluding hydrogens is 260 g/mol. The highest BCUT2D eigenvalue weighted by molar-refractivity contribution is 5.58. The van der Waals surface area contributed by atoms with Gasteiger partial charge in [0.1, 0.15) is 17.5 Å². The maximum absolute atomic E-state index is 4.78. The summed E-state index contributed by atoms with van der Waals surface area (Å²) in [5.41, 5.74) is 1.15. The molecule has 0 bridgehead atoms. The molecule has 1 saturated carbocycles. The molecule has 1 aliphatic rings. The van der Waals surface area contributed by atoms with Crippen molar-refractivity contribution in [1.82, 2.24) is 9.97 Å². The van der Waals surface area contributed by atoms with Crippen LogP contribution in [0.3, 0.4) is 0 Å². The van der Waals surface area contributed by atoms with Gasteiger partial charge < -0.3 is 10.6 Å². The largest absolute Gasteiger partial charge is 0.370 e. The second-order valence-corrected chi connectivity index (χ2v) is 6.64. The minimum atomic E-state index is 0.342. The van der Waals surface area contributed by atoms with Crippen molar-refractivity contribution in [3.63, 3.8) is 0 Å². The van der Waals surface area contributed by atoms with Gasteiger partial charge >= 0.3 is 0 Å². The van der Waals surface area contributed by atoms with Crippen LogP contribution in [-0.2, 0) is 0 Å². The van der Waals surface area contributed by atoms with E-state index in [0.29, 0.717) is 12.0 Å². The molecule has 1 aromatic rings. The molecule has 0 amide bonds. The molecule has 0 aromatic carbocycles. The molecule has 4 nitrogen and oxygen atoms in total. The number of aromatic nitrogens is 2. The fourth-order valence-electron chi connectivity index (χ4n) is 2.88. The third-order valence-electron chi connectivity index (χ3n) is 4.41. The Kier molecular flexibility index (Phi) is 5.43. The molecule has 1 fully saturated rings. The van der Waals surface area contributed by atoms with Crippen LogP contribution in [0, 0.1) is 12.8 Å². The van der Waals surface area contributed by atoms with Gasteiger partial charge in [0, 0.05) is 24.1 Å². The molecule has 0 aliphatic heterocycles. The summed E-state index contributed by atoms with van der Waals surface area (Å²) in [5.74, 6) is 4.00. The van der Waals surface area contributed by atoms with Gasteiger partial charge in [0.2, 0.25) is 0 Å². The molecule has 2 N–H and O–H groups in total. The molecule has 118 valence electrons. The van der Waals surface area contributed by atoms with Crippen molar-refractivity contribution in [2.24, 2.45) is 5.92 Å². The molecule has 1 heterocycles. The van der Waals surface area contributed by atoms with E-state index in [1.165, 1.54) is 19.3 Å². The van der Waals surface area contributed by atoms with Crippen LogP contribution in [0.2, 0.25) is 0 Å². The Labute approximate surface area is 129 Å². The second-order valence-electron chi connectivity index (χ2n) is 6.64. The van der Waals surface area contributed by atoms with Crippen LogP contribution in [0.15, 0.2) is 0 Å². The first kappa shape index (κ1) is 16.1. The molecule has 0 radical (unpaired) electrons. The molecule has 2 unspecified atom stereocenters. The van der Waals surface area contributed by atoms with Crippen molar-refractivity contribution in [3.8, 4) is 0 Å². The molecule has 2 atom stereocenters. The minimum absolute atomic E-state index is 0.342. The third kappa shape index (κ3) is 3.86. The number of nitrogens with zero attached hydrogens (tertiary/aromatic N) is 2. The Morgan fingerprint density at radius 2 is 1.90 bits per heavy atom. The molecule has 2 rings (SSSR count). The van der Waals surface area contributed by atoms with E-state index < -0.39 is 0 Å². The lowest BCUT2D eigenvalue weighted by atomic mass is 10.1. The summed E-state index contributed by atoms with van der Waals surface area (Å²) < 4.78 is 0. The van der Waals surface area contributed by atoms with Gasteiger partial charge in [-0.25, -0.2) is 9.97 Å². The first-order valence-electron chi connectivity index (χ1n) is 8.41. The Morgan fingerprint density at radius 1 is 1.19 bits per heavy atom. The maximum Gasteiger partial charge on any atom is 0.135 e. The average molecular weight is 290 g/mol. The summed E-state index contributed by atoms with van der Waals surface area (Å²) in [6.07, 6.45) is 4.99. The SMILES string of the molecule is CCCNc1nc(C(C)C)nc(NC2CCCC2C)c1C. The number of anilines is 2. The summed E-state index contributed by atoms with van der Waals surface area (Å²) >= 11 is 0. The first-order valence-corrected chi connectivity index (χ1v) is 8.41. The van der Waals surface area contributed by atoms with Crippen LogP contribution in [0.5, 0.6) is 0 Å². The second kappa shape index (κ2) is 7.10. The number of hydrogen-bond acceptors (Lipinski definition) is 4. The van der Waals surface area contributed by atoms with Crippen molar-refractivity contribution < 1.29 is 0 Å². The Hall–Kier alpha value is -1.32. The van der Waals surface area contributed by atoms with E-state index in [4.69, 9.17) is 9.97 Å². The smallest absolute Gasteiger partial charge is 0.135 e. The molecule has 1 aliphatic carbocycles. The maximum atomic E-state index is 4.78. The molecular formula is C17H30N4. The zero-order valence-electron chi connectivity index (χ0n) is 14.2. The van der Waals surface area contributed by atoms with Crippen LogP contribution in [0.1, 0.15) is 70.7 Å². The number of hydrogen-bond donors (Lipinski definition) is 2. The molecule has 1 aromatic heterocycles. The number of nitrogens with one attached hydrogen (secondary N) is 2. The molecule has 4 heteroatoms. The topological polar surface area (TPSA) is 49.8 Å². The fourth-order valence-corrected chi connectivity index (χ4v) is 2.88. The van der Waals surface area contributed by atoms with Gasteiger partial charge in [-0.15, -0.1) is 0 Å². The van der Waals surface area contributed by atoms with Gasteiger partial charge in [-0.2, -0.15) is 0 Å². The minimum Gasteiger partial charge on any atom is -0.370 e. The van der Waals surface area contributed by atoms with Gasteiger partial charge in [0.15, 0.2) is 0 Å². The van der Waals surface area contributed by atoms with Gasteiger partial charge in [0.05, 0.1) is 0 Å². The highest BCUT2D eigenvalue weighted by Gasteiger charge is 2.25. The van der Waals surface area contributed by atoms with E-state index in [1.807, 2.05) is 0 Å². The lowest BCUT2D eigenvalue weighted by Gasteiger charge is -2.22. The van der Waals surface area contributed by atoms with E-state index in [9.17, 15) is 0 Å². The molecule has 0 saturated heterocycles. The lowest BCUT2D eigenvalue weighted by Crippen LogP contribution is -2.24. The third-order valence-corrected chi connectivity index (χ3v) is 4.41. The Bertz CT molecular complexity index is 470. The van der Waals surface area contributed by atoms with E-state index in [-0.39, 0.29) is 0 Å². The Balaban J connectivity index is 2.26. The zero-order chi connectivity index (χ0) is 15.4. The molecule has 21 heavy (non-hydrogen) atoms. The zero-order valence-corrected chi connectivity index (χ0v) is 14.2. The summed E-state index contributed by atoms with van der Waals surface area (Å²) in [5, 5.41) is 7.12. The van der Waals surface area contributed by atoms with E-state index >= 15 is 0 Å². The van der Waals surface area contributed by atoms with Crippen LogP contribution >= 0.6 is 0 Å². The fraction of sp³-hybridized carbons (Fsp3) is 0.765. The quantitative estimate of drug-likeness (QED) is 0.818. The van der Waals surface area contributed by atoms with Gasteiger partial charge in [-0.05, 0) is 32.1 Å². The summed E-state index contributed by atoms with van der Waals surface area (Å²) in [6, 6.07) is 0.553. The van der Waals surface area contributed by atoms with Crippen molar-refractivity contribution >= 4 is 11.6 Å². The van der Waals surface area contributed by atoms with Crippen molar-refractivity contribution in [3.05, 3.63) is 11.4 Å². The summed E-state index contributed by atoms with van der Waals surface area (Å²) in [4.78, 5) is 9.48. The summed E-state index contributed by atoms with van der Waals surface area (Å²) in [6.45, 7) is 11.9. The highest BCUT2D eigenvalue weighted by Crippen LogP contribution is 2.30. The van der Waals surface area contributed by atoms with Crippen molar-refractivity contribution in [2.75, 3.05) is 17.2 Å². The Morgan fingerprint density at radius 3 is 2.48 bits per heavy atom. The van der Waals surface area contributed by atoms with Crippen LogP contribution in [-0.4, -0.2) is 22.6 Å². The normalized spacial score (nSPS) is 21.8. The average Bonchev–Trinajstić information content (AvgIpc) is 2.85. The predicted octanol–water partition coefficient (Wildman–Crippen LogP) is 4.33. The van der Waals surface area contributed by atoms with Crippen molar-refractivity contribution in [1.29, 1.82) is 0 Å². The van der Waals surface area contributed by atoms with Gasteiger partial charge in [0.25, 0.3) is 0 Å². The number of rotatable bonds is 6. The summed E-state index contributed by atoms with van der Waals surface area (Å²) in [7, 11) is 0. The van der Waals surface area contributed by atoms with Crippen LogP contribution in [0.4, 0.5) is 11.6 Å². The highest BCUT2D eigenvalue weighted by atomic mass is 15.1. The van der Waals surface area contributed by atoms with Crippen LogP contribution < -0.4 is 10.6 Å². The first-order chi connectivity index (χ1) is 10.0. The monoisotopic (exact) mass is 290 g/mol. The predicted molar refractivity (Wildman–Crippen MR) is 90.1 cm³/mol. The van der Waals surface area contributed by atoms with E-state index in [0.717, 1.165) is 41.9 Å². The van der Waals surface area contributed by atoms with Crippen LogP contribution in [0.25, 0.3) is 0 Å².